The number of carbonyl (C=O) groups is 1. The molecule has 1 fully saturated rings. The SMILES string of the molecule is O=C1OCc2cc(CCN3CCN(CO)CC3)cc(Cl)c21. The Morgan fingerprint density at radius 1 is 1.19 bits per heavy atom. The van der Waals surface area contributed by atoms with Crippen LogP contribution in [0.2, 0.25) is 5.02 Å². The van der Waals surface area contributed by atoms with E-state index >= 15 is 0 Å². The Kier molecular flexibility index (Phi) is 4.45. The van der Waals surface area contributed by atoms with Crippen LogP contribution in [0, 0.1) is 0 Å². The molecule has 0 spiro atoms. The Balaban J connectivity index is 1.59. The van der Waals surface area contributed by atoms with Gasteiger partial charge in [0.2, 0.25) is 0 Å². The van der Waals surface area contributed by atoms with Crippen molar-refractivity contribution in [2.75, 3.05) is 39.5 Å². The quantitative estimate of drug-likeness (QED) is 0.845. The van der Waals surface area contributed by atoms with Crippen LogP contribution in [0.1, 0.15) is 21.5 Å². The van der Waals surface area contributed by atoms with Crippen molar-refractivity contribution in [3.63, 3.8) is 0 Å². The van der Waals surface area contributed by atoms with Crippen LogP contribution in [0.3, 0.4) is 0 Å². The zero-order valence-corrected chi connectivity index (χ0v) is 12.6. The van der Waals surface area contributed by atoms with Crippen LogP contribution >= 0.6 is 11.6 Å². The lowest BCUT2D eigenvalue weighted by Crippen LogP contribution is -2.47. The van der Waals surface area contributed by atoms with Crippen molar-refractivity contribution in [1.82, 2.24) is 9.80 Å². The van der Waals surface area contributed by atoms with Gasteiger partial charge in [0.1, 0.15) is 6.61 Å². The zero-order valence-electron chi connectivity index (χ0n) is 11.8. The van der Waals surface area contributed by atoms with Gasteiger partial charge < -0.3 is 14.7 Å². The standard InChI is InChI=1S/C15H19ClN2O3/c16-13-8-11(7-12-9-21-15(20)14(12)13)1-2-17-3-5-18(10-19)6-4-17/h7-8,19H,1-6,9-10H2. The Morgan fingerprint density at radius 3 is 2.62 bits per heavy atom. The Bertz CT molecular complexity index is 542. The highest BCUT2D eigenvalue weighted by Gasteiger charge is 2.25. The third-order valence-electron chi connectivity index (χ3n) is 4.18. The molecule has 114 valence electrons. The van der Waals surface area contributed by atoms with Gasteiger partial charge in [-0.25, -0.2) is 4.79 Å². The molecule has 2 heterocycles. The van der Waals surface area contributed by atoms with E-state index in [1.807, 2.05) is 17.0 Å². The summed E-state index contributed by atoms with van der Waals surface area (Å²) in [5.41, 5.74) is 2.56. The minimum absolute atomic E-state index is 0.141. The number of esters is 1. The second kappa shape index (κ2) is 6.32. The summed E-state index contributed by atoms with van der Waals surface area (Å²) in [5.74, 6) is -0.318. The van der Waals surface area contributed by atoms with E-state index in [1.54, 1.807) is 0 Å². The van der Waals surface area contributed by atoms with E-state index in [2.05, 4.69) is 4.90 Å². The summed E-state index contributed by atoms with van der Waals surface area (Å²) in [6.07, 6.45) is 0.903. The van der Waals surface area contributed by atoms with E-state index in [-0.39, 0.29) is 12.7 Å². The average Bonchev–Trinajstić information content (AvgIpc) is 2.87. The first-order chi connectivity index (χ1) is 10.2. The second-order valence-electron chi connectivity index (χ2n) is 5.54. The lowest BCUT2D eigenvalue weighted by Gasteiger charge is -2.33. The zero-order chi connectivity index (χ0) is 14.8. The van der Waals surface area contributed by atoms with Gasteiger partial charge in [-0.05, 0) is 18.1 Å². The van der Waals surface area contributed by atoms with Crippen LogP contribution in [-0.4, -0.2) is 60.3 Å². The highest BCUT2D eigenvalue weighted by atomic mass is 35.5. The van der Waals surface area contributed by atoms with E-state index in [4.69, 9.17) is 21.4 Å². The Morgan fingerprint density at radius 2 is 1.90 bits per heavy atom. The Hall–Kier alpha value is -1.14. The van der Waals surface area contributed by atoms with Crippen molar-refractivity contribution in [3.8, 4) is 0 Å². The molecule has 1 aromatic rings. The number of carbonyl (C=O) groups excluding carboxylic acids is 1. The van der Waals surface area contributed by atoms with E-state index in [0.29, 0.717) is 17.2 Å². The first-order valence-corrected chi connectivity index (χ1v) is 7.59. The number of aliphatic hydroxyl groups excluding tert-OH is 1. The molecule has 0 amide bonds. The summed E-state index contributed by atoms with van der Waals surface area (Å²) in [4.78, 5) is 15.9. The molecule has 0 bridgehead atoms. The third kappa shape index (κ3) is 3.21. The highest BCUT2D eigenvalue weighted by Crippen LogP contribution is 2.29. The van der Waals surface area contributed by atoms with Gasteiger partial charge in [0.15, 0.2) is 0 Å². The van der Waals surface area contributed by atoms with Gasteiger partial charge in [0.25, 0.3) is 0 Å². The second-order valence-corrected chi connectivity index (χ2v) is 5.95. The largest absolute Gasteiger partial charge is 0.457 e. The van der Waals surface area contributed by atoms with Gasteiger partial charge in [-0.3, -0.25) is 4.90 Å². The molecule has 6 heteroatoms. The number of cyclic esters (lactones) is 1. The maximum Gasteiger partial charge on any atom is 0.340 e. The summed E-state index contributed by atoms with van der Waals surface area (Å²) in [6, 6.07) is 3.90. The molecule has 21 heavy (non-hydrogen) atoms. The summed E-state index contributed by atoms with van der Waals surface area (Å²) in [6.45, 7) is 5.19. The summed E-state index contributed by atoms with van der Waals surface area (Å²) >= 11 is 6.18. The molecule has 1 aromatic carbocycles. The minimum atomic E-state index is -0.318. The van der Waals surface area contributed by atoms with Gasteiger partial charge in [0, 0.05) is 38.3 Å². The lowest BCUT2D eigenvalue weighted by molar-refractivity contribution is 0.0535. The topological polar surface area (TPSA) is 53.0 Å². The monoisotopic (exact) mass is 310 g/mol. The van der Waals surface area contributed by atoms with Gasteiger partial charge in [0.05, 0.1) is 17.3 Å². The molecule has 0 aliphatic carbocycles. The van der Waals surface area contributed by atoms with E-state index in [0.717, 1.165) is 50.3 Å². The molecule has 0 atom stereocenters. The van der Waals surface area contributed by atoms with Crippen LogP contribution in [0.15, 0.2) is 12.1 Å². The molecule has 2 aliphatic rings. The summed E-state index contributed by atoms with van der Waals surface area (Å²) < 4.78 is 5.01. The van der Waals surface area contributed by atoms with E-state index < -0.39 is 0 Å². The number of aliphatic hydroxyl groups is 1. The predicted molar refractivity (Wildman–Crippen MR) is 79.4 cm³/mol. The number of rotatable bonds is 4. The summed E-state index contributed by atoms with van der Waals surface area (Å²) in [5, 5.41) is 9.58. The maximum absolute atomic E-state index is 11.5. The first kappa shape index (κ1) is 14.8. The fourth-order valence-corrected chi connectivity index (χ4v) is 3.21. The summed E-state index contributed by atoms with van der Waals surface area (Å²) in [7, 11) is 0. The fraction of sp³-hybridized carbons (Fsp3) is 0.533. The molecule has 0 unspecified atom stereocenters. The number of piperazine rings is 1. The normalized spacial score (nSPS) is 19.6. The minimum Gasteiger partial charge on any atom is -0.457 e. The highest BCUT2D eigenvalue weighted by molar-refractivity contribution is 6.34. The number of hydrogen-bond donors (Lipinski definition) is 1. The molecular formula is C15H19ClN2O3. The molecule has 3 rings (SSSR count). The molecule has 1 N–H and O–H groups in total. The average molecular weight is 311 g/mol. The maximum atomic E-state index is 11.5. The lowest BCUT2D eigenvalue weighted by atomic mass is 10.0. The van der Waals surface area contributed by atoms with Crippen molar-refractivity contribution < 1.29 is 14.6 Å². The molecule has 0 saturated carbocycles. The fourth-order valence-electron chi connectivity index (χ4n) is 2.87. The smallest absolute Gasteiger partial charge is 0.340 e. The molecule has 0 aromatic heterocycles. The number of hydrogen-bond acceptors (Lipinski definition) is 5. The van der Waals surface area contributed by atoms with Crippen molar-refractivity contribution >= 4 is 17.6 Å². The van der Waals surface area contributed by atoms with Crippen LogP contribution in [0.5, 0.6) is 0 Å². The first-order valence-electron chi connectivity index (χ1n) is 7.21. The Labute approximate surface area is 129 Å². The van der Waals surface area contributed by atoms with Crippen molar-refractivity contribution in [3.05, 3.63) is 33.8 Å². The molecule has 5 nitrogen and oxygen atoms in total. The van der Waals surface area contributed by atoms with Crippen molar-refractivity contribution in [1.29, 1.82) is 0 Å². The van der Waals surface area contributed by atoms with E-state index in [1.165, 1.54) is 0 Å². The number of ether oxygens (including phenoxy) is 1. The van der Waals surface area contributed by atoms with E-state index in [9.17, 15) is 4.79 Å². The van der Waals surface area contributed by atoms with Crippen LogP contribution in [0.25, 0.3) is 0 Å². The van der Waals surface area contributed by atoms with Gasteiger partial charge >= 0.3 is 5.97 Å². The van der Waals surface area contributed by atoms with Crippen molar-refractivity contribution in [2.24, 2.45) is 0 Å². The van der Waals surface area contributed by atoms with Gasteiger partial charge in [-0.15, -0.1) is 0 Å². The number of benzene rings is 1. The molecular weight excluding hydrogens is 292 g/mol. The van der Waals surface area contributed by atoms with Gasteiger partial charge in [-0.2, -0.15) is 0 Å². The number of halogens is 1. The number of nitrogens with zero attached hydrogens (tertiary/aromatic N) is 2. The number of fused-ring (bicyclic) bond motifs is 1. The van der Waals surface area contributed by atoms with Crippen LogP contribution < -0.4 is 0 Å². The molecule has 2 aliphatic heterocycles. The van der Waals surface area contributed by atoms with Crippen molar-refractivity contribution in [2.45, 2.75) is 13.0 Å². The van der Waals surface area contributed by atoms with Crippen LogP contribution in [-0.2, 0) is 17.8 Å². The molecule has 0 radical (unpaired) electrons. The molecule has 1 saturated heterocycles. The predicted octanol–water partition coefficient (Wildman–Crippen LogP) is 1.12. The van der Waals surface area contributed by atoms with Gasteiger partial charge in [-0.1, -0.05) is 17.7 Å². The van der Waals surface area contributed by atoms with Crippen LogP contribution in [0.4, 0.5) is 0 Å². The third-order valence-corrected chi connectivity index (χ3v) is 4.47.